The lowest BCUT2D eigenvalue weighted by Crippen LogP contribution is -2.47. The number of para-hydroxylation sites is 1. The number of hydrogen-bond donors (Lipinski definition) is 2. The van der Waals surface area contributed by atoms with Crippen LogP contribution in [0, 0.1) is 5.92 Å². The quantitative estimate of drug-likeness (QED) is 0.444. The van der Waals surface area contributed by atoms with Crippen molar-refractivity contribution >= 4 is 23.2 Å². The van der Waals surface area contributed by atoms with Gasteiger partial charge in [0.15, 0.2) is 5.96 Å². The van der Waals surface area contributed by atoms with Crippen LogP contribution in [0.1, 0.15) is 25.7 Å². The zero-order valence-corrected chi connectivity index (χ0v) is 15.7. The van der Waals surface area contributed by atoms with Crippen molar-refractivity contribution in [3.8, 4) is 0 Å². The van der Waals surface area contributed by atoms with Crippen LogP contribution in [-0.2, 0) is 0 Å². The van der Waals surface area contributed by atoms with Crippen molar-refractivity contribution in [2.75, 3.05) is 50.7 Å². The summed E-state index contributed by atoms with van der Waals surface area (Å²) in [5.41, 5.74) is 7.08. The Bertz CT molecular complexity index is 565. The fraction of sp³-hybridized carbons (Fsp3) is 0.632. The first-order valence-electron chi connectivity index (χ1n) is 9.48. The molecule has 0 unspecified atom stereocenters. The second-order valence-electron chi connectivity index (χ2n) is 7.08. The number of hydrogen-bond acceptors (Lipinski definition) is 3. The summed E-state index contributed by atoms with van der Waals surface area (Å²) >= 11 is 6.30. The summed E-state index contributed by atoms with van der Waals surface area (Å²) in [5, 5.41) is 4.09. The molecule has 1 aromatic carbocycles. The highest BCUT2D eigenvalue weighted by Gasteiger charge is 2.18. The van der Waals surface area contributed by atoms with Gasteiger partial charge in [-0.25, -0.2) is 0 Å². The Morgan fingerprint density at radius 2 is 1.96 bits per heavy atom. The Hall–Kier alpha value is -1.46. The van der Waals surface area contributed by atoms with Crippen LogP contribution in [0.3, 0.4) is 0 Å². The minimum Gasteiger partial charge on any atom is -0.370 e. The third-order valence-electron chi connectivity index (χ3n) is 5.27. The Kier molecular flexibility index (Phi) is 6.82. The van der Waals surface area contributed by atoms with Crippen LogP contribution in [0.15, 0.2) is 29.3 Å². The van der Waals surface area contributed by atoms with Crippen LogP contribution in [-0.4, -0.2) is 56.7 Å². The lowest BCUT2D eigenvalue weighted by atomic mass is 9.86. The number of anilines is 1. The average Bonchev–Trinajstić information content (AvgIpc) is 2.58. The second kappa shape index (κ2) is 9.30. The number of benzene rings is 1. The molecule has 2 aliphatic rings. The largest absolute Gasteiger partial charge is 0.370 e. The van der Waals surface area contributed by atoms with E-state index in [1.807, 2.05) is 12.1 Å². The van der Waals surface area contributed by atoms with Crippen molar-refractivity contribution < 1.29 is 0 Å². The normalized spacial score (nSPS) is 19.7. The van der Waals surface area contributed by atoms with E-state index in [-0.39, 0.29) is 0 Å². The van der Waals surface area contributed by atoms with E-state index in [0.717, 1.165) is 68.9 Å². The van der Waals surface area contributed by atoms with E-state index in [9.17, 15) is 0 Å². The number of rotatable bonds is 7. The first-order valence-corrected chi connectivity index (χ1v) is 9.86. The summed E-state index contributed by atoms with van der Waals surface area (Å²) in [7, 11) is 0. The summed E-state index contributed by atoms with van der Waals surface area (Å²) in [6.07, 6.45) is 5.08. The van der Waals surface area contributed by atoms with Crippen molar-refractivity contribution in [2.45, 2.75) is 25.7 Å². The molecule has 6 heteroatoms. The number of piperazine rings is 1. The van der Waals surface area contributed by atoms with Crippen LogP contribution < -0.4 is 16.0 Å². The van der Waals surface area contributed by atoms with Crippen LogP contribution in [0.5, 0.6) is 0 Å². The molecule has 1 saturated heterocycles. The van der Waals surface area contributed by atoms with Crippen LogP contribution in [0.25, 0.3) is 0 Å². The SMILES string of the molecule is NC(=NCC1CCC1)NCCCN1CCN(c2ccccc2Cl)CC1. The molecule has 0 amide bonds. The van der Waals surface area contributed by atoms with Gasteiger partial charge in [0.25, 0.3) is 0 Å². The van der Waals surface area contributed by atoms with Gasteiger partial charge < -0.3 is 16.0 Å². The molecule has 1 heterocycles. The molecule has 1 aliphatic heterocycles. The maximum Gasteiger partial charge on any atom is 0.188 e. The molecule has 0 radical (unpaired) electrons. The fourth-order valence-electron chi connectivity index (χ4n) is 3.40. The molecule has 1 aliphatic carbocycles. The molecule has 138 valence electrons. The topological polar surface area (TPSA) is 56.9 Å². The Labute approximate surface area is 156 Å². The van der Waals surface area contributed by atoms with Crippen molar-refractivity contribution in [1.82, 2.24) is 10.2 Å². The van der Waals surface area contributed by atoms with Gasteiger partial charge in [-0.3, -0.25) is 9.89 Å². The van der Waals surface area contributed by atoms with E-state index in [0.29, 0.717) is 5.96 Å². The number of nitrogens with two attached hydrogens (primary N) is 1. The molecule has 3 rings (SSSR count). The van der Waals surface area contributed by atoms with Gasteiger partial charge in [-0.2, -0.15) is 0 Å². The van der Waals surface area contributed by atoms with Crippen molar-refractivity contribution in [3.63, 3.8) is 0 Å². The number of nitrogens with one attached hydrogen (secondary N) is 1. The summed E-state index contributed by atoms with van der Waals surface area (Å²) in [4.78, 5) is 9.32. The number of guanidine groups is 1. The number of aliphatic imine (C=N–C) groups is 1. The fourth-order valence-corrected chi connectivity index (χ4v) is 3.65. The minimum atomic E-state index is 0.607. The molecule has 0 atom stereocenters. The Morgan fingerprint density at radius 3 is 2.64 bits per heavy atom. The van der Waals surface area contributed by atoms with E-state index in [2.05, 4.69) is 32.2 Å². The molecule has 0 bridgehead atoms. The maximum absolute atomic E-state index is 6.30. The van der Waals surface area contributed by atoms with Gasteiger partial charge in [0, 0.05) is 39.3 Å². The van der Waals surface area contributed by atoms with Crippen LogP contribution in [0.2, 0.25) is 5.02 Å². The standard InChI is InChI=1S/C19H30ClN5/c20-17-7-1-2-8-18(17)25-13-11-24(12-14-25)10-4-9-22-19(21)23-15-16-5-3-6-16/h1-2,7-8,16H,3-6,9-15H2,(H3,21,22,23). The summed E-state index contributed by atoms with van der Waals surface area (Å²) < 4.78 is 0. The molecule has 0 aromatic heterocycles. The van der Waals surface area contributed by atoms with Gasteiger partial charge in [0.1, 0.15) is 0 Å². The summed E-state index contributed by atoms with van der Waals surface area (Å²) in [5.74, 6) is 1.38. The van der Waals surface area contributed by atoms with E-state index < -0.39 is 0 Å². The predicted molar refractivity (Wildman–Crippen MR) is 107 cm³/mol. The Balaban J connectivity index is 1.29. The predicted octanol–water partition coefficient (Wildman–Crippen LogP) is 2.56. The number of nitrogens with zero attached hydrogens (tertiary/aromatic N) is 3. The smallest absolute Gasteiger partial charge is 0.188 e. The molecule has 1 saturated carbocycles. The van der Waals surface area contributed by atoms with Gasteiger partial charge in [0.05, 0.1) is 10.7 Å². The molecule has 3 N–H and O–H groups in total. The van der Waals surface area contributed by atoms with E-state index in [1.54, 1.807) is 0 Å². The third-order valence-corrected chi connectivity index (χ3v) is 5.59. The average molecular weight is 364 g/mol. The minimum absolute atomic E-state index is 0.607. The molecule has 1 aromatic rings. The lowest BCUT2D eigenvalue weighted by Gasteiger charge is -2.36. The van der Waals surface area contributed by atoms with Crippen molar-refractivity contribution in [3.05, 3.63) is 29.3 Å². The molecule has 0 spiro atoms. The zero-order chi connectivity index (χ0) is 17.5. The van der Waals surface area contributed by atoms with Crippen LogP contribution >= 0.6 is 11.6 Å². The Morgan fingerprint density at radius 1 is 1.20 bits per heavy atom. The molecule has 2 fully saturated rings. The highest BCUT2D eigenvalue weighted by Crippen LogP contribution is 2.26. The van der Waals surface area contributed by atoms with Crippen molar-refractivity contribution in [1.29, 1.82) is 0 Å². The molecule has 5 nitrogen and oxygen atoms in total. The van der Waals surface area contributed by atoms with Gasteiger partial charge in [-0.1, -0.05) is 30.2 Å². The van der Waals surface area contributed by atoms with E-state index in [1.165, 1.54) is 19.3 Å². The lowest BCUT2D eigenvalue weighted by molar-refractivity contribution is 0.255. The molecular formula is C19H30ClN5. The molecule has 25 heavy (non-hydrogen) atoms. The first kappa shape index (κ1) is 18.3. The van der Waals surface area contributed by atoms with Gasteiger partial charge in [-0.15, -0.1) is 0 Å². The van der Waals surface area contributed by atoms with E-state index in [4.69, 9.17) is 17.3 Å². The first-order chi connectivity index (χ1) is 12.2. The highest BCUT2D eigenvalue weighted by atomic mass is 35.5. The van der Waals surface area contributed by atoms with Gasteiger partial charge in [0.2, 0.25) is 0 Å². The van der Waals surface area contributed by atoms with Crippen molar-refractivity contribution in [2.24, 2.45) is 16.6 Å². The zero-order valence-electron chi connectivity index (χ0n) is 15.0. The molecular weight excluding hydrogens is 334 g/mol. The van der Waals surface area contributed by atoms with Gasteiger partial charge >= 0.3 is 0 Å². The van der Waals surface area contributed by atoms with E-state index >= 15 is 0 Å². The highest BCUT2D eigenvalue weighted by molar-refractivity contribution is 6.33. The summed E-state index contributed by atoms with van der Waals surface area (Å²) in [6.45, 7) is 7.10. The number of halogens is 1. The van der Waals surface area contributed by atoms with Crippen LogP contribution in [0.4, 0.5) is 5.69 Å². The monoisotopic (exact) mass is 363 g/mol. The third kappa shape index (κ3) is 5.51. The second-order valence-corrected chi connectivity index (χ2v) is 7.49. The van der Waals surface area contributed by atoms with Gasteiger partial charge in [-0.05, 0) is 43.9 Å². The maximum atomic E-state index is 6.30. The summed E-state index contributed by atoms with van der Waals surface area (Å²) in [6, 6.07) is 8.10.